The average molecular weight is 249 g/mol. The minimum absolute atomic E-state index is 0.470. The van der Waals surface area contributed by atoms with E-state index in [1.165, 1.54) is 25.0 Å². The summed E-state index contributed by atoms with van der Waals surface area (Å²) in [6.45, 7) is 9.09. The Hall–Kier alpha value is -0.830. The molecule has 18 heavy (non-hydrogen) atoms. The maximum atomic E-state index is 4.45. The number of nitrogens with one attached hydrogen (secondary N) is 1. The average Bonchev–Trinajstić information content (AvgIpc) is 2.79. The van der Waals surface area contributed by atoms with Crippen LogP contribution >= 0.6 is 0 Å². The molecule has 3 heteroatoms. The third kappa shape index (κ3) is 2.77. The lowest BCUT2D eigenvalue weighted by atomic mass is 9.66. The number of aromatic nitrogens is 2. The van der Waals surface area contributed by atoms with Crippen LogP contribution in [0.4, 0.5) is 0 Å². The highest BCUT2D eigenvalue weighted by molar-refractivity contribution is 5.12. The van der Waals surface area contributed by atoms with Crippen molar-refractivity contribution in [3.05, 3.63) is 18.0 Å². The third-order valence-electron chi connectivity index (χ3n) is 4.43. The molecule has 1 aliphatic rings. The van der Waals surface area contributed by atoms with Gasteiger partial charge in [-0.2, -0.15) is 5.10 Å². The van der Waals surface area contributed by atoms with Gasteiger partial charge in [0.05, 0.1) is 0 Å². The van der Waals surface area contributed by atoms with E-state index in [4.69, 9.17) is 0 Å². The number of hydrogen-bond donors (Lipinski definition) is 1. The van der Waals surface area contributed by atoms with Crippen LogP contribution in [0.1, 0.15) is 51.6 Å². The first kappa shape index (κ1) is 13.6. The van der Waals surface area contributed by atoms with Crippen LogP contribution in [0.3, 0.4) is 0 Å². The van der Waals surface area contributed by atoms with E-state index in [-0.39, 0.29) is 0 Å². The first-order chi connectivity index (χ1) is 8.57. The van der Waals surface area contributed by atoms with Gasteiger partial charge in [0.1, 0.15) is 0 Å². The number of hydrogen-bond acceptors (Lipinski definition) is 2. The zero-order valence-corrected chi connectivity index (χ0v) is 12.2. The summed E-state index contributed by atoms with van der Waals surface area (Å²) in [4.78, 5) is 0. The van der Waals surface area contributed by atoms with Gasteiger partial charge in [0.15, 0.2) is 0 Å². The lowest BCUT2D eigenvalue weighted by molar-refractivity contribution is 0.156. The van der Waals surface area contributed by atoms with Crippen LogP contribution in [0.2, 0.25) is 0 Å². The Balaban J connectivity index is 2.24. The van der Waals surface area contributed by atoms with Gasteiger partial charge in [0.25, 0.3) is 0 Å². The van der Waals surface area contributed by atoms with Crippen LogP contribution in [0.5, 0.6) is 0 Å². The first-order valence-corrected chi connectivity index (χ1v) is 7.23. The molecule has 0 bridgehead atoms. The molecule has 1 aliphatic carbocycles. The molecule has 1 fully saturated rings. The lowest BCUT2D eigenvalue weighted by Crippen LogP contribution is -2.34. The van der Waals surface area contributed by atoms with Gasteiger partial charge in [-0.1, -0.05) is 13.8 Å². The van der Waals surface area contributed by atoms with Crippen molar-refractivity contribution in [1.82, 2.24) is 15.1 Å². The van der Waals surface area contributed by atoms with E-state index < -0.39 is 0 Å². The molecule has 1 aromatic heterocycles. The summed E-state index contributed by atoms with van der Waals surface area (Å²) in [5.41, 5.74) is 1.91. The molecule has 102 valence electrons. The van der Waals surface area contributed by atoms with E-state index >= 15 is 0 Å². The van der Waals surface area contributed by atoms with Crippen LogP contribution in [-0.2, 0) is 6.54 Å². The van der Waals surface area contributed by atoms with Crippen molar-refractivity contribution in [2.75, 3.05) is 13.6 Å². The molecule has 0 aliphatic heterocycles. The van der Waals surface area contributed by atoms with Crippen LogP contribution in [0.25, 0.3) is 0 Å². The van der Waals surface area contributed by atoms with E-state index in [0.29, 0.717) is 11.3 Å². The molecule has 3 nitrogen and oxygen atoms in total. The van der Waals surface area contributed by atoms with E-state index in [1.54, 1.807) is 0 Å². The standard InChI is InChI=1S/C15H27N3/c1-5-18-14(7-9-17-18)13-10-15(2,3)8-6-12(13)11-16-4/h7,9,12-13,16H,5-6,8,10-11H2,1-4H3. The van der Waals surface area contributed by atoms with Gasteiger partial charge in [0.2, 0.25) is 0 Å². The van der Waals surface area contributed by atoms with E-state index in [2.05, 4.69) is 49.0 Å². The second-order valence-electron chi connectivity index (χ2n) is 6.40. The predicted octanol–water partition coefficient (Wildman–Crippen LogP) is 3.03. The van der Waals surface area contributed by atoms with Crippen molar-refractivity contribution in [3.63, 3.8) is 0 Å². The van der Waals surface area contributed by atoms with Crippen molar-refractivity contribution < 1.29 is 0 Å². The second kappa shape index (κ2) is 5.43. The van der Waals surface area contributed by atoms with Gasteiger partial charge in [-0.25, -0.2) is 0 Å². The molecule has 1 saturated carbocycles. The number of rotatable bonds is 4. The van der Waals surface area contributed by atoms with Gasteiger partial charge in [0, 0.05) is 24.4 Å². The zero-order chi connectivity index (χ0) is 13.2. The largest absolute Gasteiger partial charge is 0.319 e. The monoisotopic (exact) mass is 249 g/mol. The summed E-state index contributed by atoms with van der Waals surface area (Å²) < 4.78 is 2.18. The molecular formula is C15H27N3. The molecule has 1 aromatic rings. The van der Waals surface area contributed by atoms with Crippen molar-refractivity contribution in [3.8, 4) is 0 Å². The van der Waals surface area contributed by atoms with Crippen LogP contribution in [0.15, 0.2) is 12.3 Å². The fourth-order valence-electron chi connectivity index (χ4n) is 3.42. The normalized spacial score (nSPS) is 27.3. The molecule has 1 N–H and O–H groups in total. The number of aryl methyl sites for hydroxylation is 1. The Morgan fingerprint density at radius 3 is 2.94 bits per heavy atom. The van der Waals surface area contributed by atoms with Crippen molar-refractivity contribution in [2.45, 2.75) is 52.5 Å². The van der Waals surface area contributed by atoms with Crippen LogP contribution < -0.4 is 5.32 Å². The molecule has 2 rings (SSSR count). The minimum atomic E-state index is 0.470. The molecular weight excluding hydrogens is 222 g/mol. The molecule has 0 amide bonds. The molecule has 0 saturated heterocycles. The third-order valence-corrected chi connectivity index (χ3v) is 4.43. The zero-order valence-electron chi connectivity index (χ0n) is 12.2. The topological polar surface area (TPSA) is 29.9 Å². The van der Waals surface area contributed by atoms with Crippen LogP contribution in [0, 0.1) is 11.3 Å². The Morgan fingerprint density at radius 2 is 2.28 bits per heavy atom. The maximum Gasteiger partial charge on any atom is 0.0492 e. The molecule has 0 spiro atoms. The highest BCUT2D eigenvalue weighted by Crippen LogP contribution is 2.46. The summed E-state index contributed by atoms with van der Waals surface area (Å²) in [6, 6.07) is 2.22. The SMILES string of the molecule is CCn1nccc1C1CC(C)(C)CCC1CNC. The van der Waals surface area contributed by atoms with Crippen molar-refractivity contribution in [2.24, 2.45) is 11.3 Å². The Morgan fingerprint density at radius 1 is 1.50 bits per heavy atom. The summed E-state index contributed by atoms with van der Waals surface area (Å²) in [6.07, 6.45) is 5.91. The van der Waals surface area contributed by atoms with Gasteiger partial charge in [-0.05, 0) is 57.2 Å². The smallest absolute Gasteiger partial charge is 0.0492 e. The lowest BCUT2D eigenvalue weighted by Gasteiger charge is -2.41. The molecule has 0 radical (unpaired) electrons. The van der Waals surface area contributed by atoms with E-state index in [0.717, 1.165) is 19.0 Å². The highest BCUT2D eigenvalue weighted by atomic mass is 15.3. The maximum absolute atomic E-state index is 4.45. The molecule has 0 aromatic carbocycles. The highest BCUT2D eigenvalue weighted by Gasteiger charge is 2.36. The summed E-state index contributed by atoms with van der Waals surface area (Å²) >= 11 is 0. The van der Waals surface area contributed by atoms with Gasteiger partial charge in [-0.3, -0.25) is 4.68 Å². The number of nitrogens with zero attached hydrogens (tertiary/aromatic N) is 2. The van der Waals surface area contributed by atoms with E-state index in [9.17, 15) is 0 Å². The minimum Gasteiger partial charge on any atom is -0.319 e. The van der Waals surface area contributed by atoms with Crippen molar-refractivity contribution >= 4 is 0 Å². The van der Waals surface area contributed by atoms with Gasteiger partial charge < -0.3 is 5.32 Å². The Bertz CT molecular complexity index is 381. The summed E-state index contributed by atoms with van der Waals surface area (Å²) in [7, 11) is 2.06. The second-order valence-corrected chi connectivity index (χ2v) is 6.40. The summed E-state index contributed by atoms with van der Waals surface area (Å²) in [5, 5.41) is 7.81. The van der Waals surface area contributed by atoms with Crippen molar-refractivity contribution in [1.29, 1.82) is 0 Å². The first-order valence-electron chi connectivity index (χ1n) is 7.23. The van der Waals surface area contributed by atoms with Gasteiger partial charge >= 0.3 is 0 Å². The summed E-state index contributed by atoms with van der Waals surface area (Å²) in [5.74, 6) is 1.41. The van der Waals surface area contributed by atoms with E-state index in [1.807, 2.05) is 6.20 Å². The fraction of sp³-hybridized carbons (Fsp3) is 0.800. The van der Waals surface area contributed by atoms with Crippen LogP contribution in [-0.4, -0.2) is 23.4 Å². The molecule has 1 heterocycles. The van der Waals surface area contributed by atoms with Gasteiger partial charge in [-0.15, -0.1) is 0 Å². The molecule has 2 unspecified atom stereocenters. The Kier molecular flexibility index (Phi) is 4.10. The fourth-order valence-corrected chi connectivity index (χ4v) is 3.42. The Labute approximate surface area is 111 Å². The molecule has 2 atom stereocenters. The predicted molar refractivity (Wildman–Crippen MR) is 75.7 cm³/mol. The quantitative estimate of drug-likeness (QED) is 0.889.